The number of halogens is 3. The van der Waals surface area contributed by atoms with E-state index in [4.69, 9.17) is 0 Å². The molecule has 0 unspecified atom stereocenters. The van der Waals surface area contributed by atoms with E-state index in [0.29, 0.717) is 0 Å². The molecule has 0 N–H and O–H groups in total. The van der Waals surface area contributed by atoms with Crippen LogP contribution in [-0.2, 0) is 0 Å². The van der Waals surface area contributed by atoms with Gasteiger partial charge in [-0.1, -0.05) is 0 Å². The van der Waals surface area contributed by atoms with Crippen LogP contribution in [0.25, 0.3) is 0 Å². The minimum absolute atomic E-state index is 0.147. The van der Waals surface area contributed by atoms with Crippen molar-refractivity contribution in [3.8, 4) is 0 Å². The molecule has 0 radical (unpaired) electrons. The van der Waals surface area contributed by atoms with Gasteiger partial charge < -0.3 is 0 Å². The van der Waals surface area contributed by atoms with Crippen LogP contribution in [0.4, 0.5) is 14.5 Å². The molecule has 1 aromatic rings. The molecule has 1 aromatic heterocycles. The Kier molecular flexibility index (Phi) is 2.86. The lowest BCUT2D eigenvalue weighted by Gasteiger charge is -2.00. The molecule has 0 aliphatic carbocycles. The van der Waals surface area contributed by atoms with Crippen molar-refractivity contribution in [2.45, 2.75) is 6.43 Å². The summed E-state index contributed by atoms with van der Waals surface area (Å²) in [5.41, 5.74) is -1.30. The molecule has 0 atom stereocenters. The van der Waals surface area contributed by atoms with Crippen molar-refractivity contribution >= 4 is 21.6 Å². The van der Waals surface area contributed by atoms with Gasteiger partial charge in [0, 0.05) is 0 Å². The SMILES string of the molecule is O=[N+]([O-])c1cnc(Br)cc1C(F)F. The van der Waals surface area contributed by atoms with Crippen molar-refractivity contribution in [3.63, 3.8) is 0 Å². The second kappa shape index (κ2) is 3.73. The number of pyridine rings is 1. The van der Waals surface area contributed by atoms with Crippen molar-refractivity contribution in [3.05, 3.63) is 32.5 Å². The summed E-state index contributed by atoms with van der Waals surface area (Å²) in [6, 6.07) is 0.933. The van der Waals surface area contributed by atoms with E-state index in [1.54, 1.807) is 0 Å². The monoisotopic (exact) mass is 252 g/mol. The van der Waals surface area contributed by atoms with Crippen molar-refractivity contribution in [1.82, 2.24) is 4.98 Å². The van der Waals surface area contributed by atoms with E-state index >= 15 is 0 Å². The largest absolute Gasteiger partial charge is 0.296 e. The van der Waals surface area contributed by atoms with Crippen LogP contribution in [0.1, 0.15) is 12.0 Å². The van der Waals surface area contributed by atoms with E-state index in [1.807, 2.05) is 0 Å². The number of hydrogen-bond acceptors (Lipinski definition) is 3. The molecule has 7 heteroatoms. The van der Waals surface area contributed by atoms with Gasteiger partial charge in [0.25, 0.3) is 12.1 Å². The lowest BCUT2D eigenvalue weighted by Crippen LogP contribution is -1.97. The average Bonchev–Trinajstić information content (AvgIpc) is 2.03. The van der Waals surface area contributed by atoms with Crippen LogP contribution in [0.15, 0.2) is 16.9 Å². The van der Waals surface area contributed by atoms with Gasteiger partial charge in [-0.15, -0.1) is 0 Å². The van der Waals surface area contributed by atoms with Gasteiger partial charge >= 0.3 is 0 Å². The van der Waals surface area contributed by atoms with Gasteiger partial charge in [-0.3, -0.25) is 10.1 Å². The Labute approximate surface area is 79.9 Å². The van der Waals surface area contributed by atoms with Crippen molar-refractivity contribution in [2.75, 3.05) is 0 Å². The van der Waals surface area contributed by atoms with Gasteiger partial charge in [0.05, 0.1) is 10.5 Å². The number of alkyl halides is 2. The fourth-order valence-electron chi connectivity index (χ4n) is 0.764. The summed E-state index contributed by atoms with van der Waals surface area (Å²) in [5, 5.41) is 10.3. The van der Waals surface area contributed by atoms with Gasteiger partial charge in [0.2, 0.25) is 0 Å². The molecule has 1 heterocycles. The third-order valence-corrected chi connectivity index (χ3v) is 1.75. The molecule has 13 heavy (non-hydrogen) atoms. The van der Waals surface area contributed by atoms with Crippen LogP contribution in [0, 0.1) is 10.1 Å². The molecule has 0 fully saturated rings. The van der Waals surface area contributed by atoms with Crippen molar-refractivity contribution in [2.24, 2.45) is 0 Å². The molecule has 0 saturated heterocycles. The van der Waals surface area contributed by atoms with Gasteiger partial charge in [0.15, 0.2) is 0 Å². The highest BCUT2D eigenvalue weighted by molar-refractivity contribution is 9.10. The molecule has 0 amide bonds. The highest BCUT2D eigenvalue weighted by Gasteiger charge is 2.22. The topological polar surface area (TPSA) is 56.0 Å². The van der Waals surface area contributed by atoms with E-state index in [-0.39, 0.29) is 4.60 Å². The van der Waals surface area contributed by atoms with Crippen molar-refractivity contribution < 1.29 is 13.7 Å². The zero-order valence-electron chi connectivity index (χ0n) is 6.08. The lowest BCUT2D eigenvalue weighted by atomic mass is 10.2. The number of rotatable bonds is 2. The molecule has 4 nitrogen and oxygen atoms in total. The van der Waals surface area contributed by atoms with Crippen LogP contribution in [-0.4, -0.2) is 9.91 Å². The maximum Gasteiger partial charge on any atom is 0.296 e. The Morgan fingerprint density at radius 2 is 2.23 bits per heavy atom. The fourth-order valence-corrected chi connectivity index (χ4v) is 1.11. The first kappa shape index (κ1) is 9.97. The maximum absolute atomic E-state index is 12.2. The minimum Gasteiger partial charge on any atom is -0.258 e. The molecule has 0 bridgehead atoms. The van der Waals surface area contributed by atoms with Gasteiger partial charge in [-0.05, 0) is 22.0 Å². The zero-order valence-corrected chi connectivity index (χ0v) is 7.66. The van der Waals surface area contributed by atoms with Crippen LogP contribution in [0.2, 0.25) is 0 Å². The Morgan fingerprint density at radius 1 is 1.62 bits per heavy atom. The first-order valence-electron chi connectivity index (χ1n) is 3.10. The lowest BCUT2D eigenvalue weighted by molar-refractivity contribution is -0.386. The molecule has 70 valence electrons. The summed E-state index contributed by atoms with van der Waals surface area (Å²) >= 11 is 2.85. The van der Waals surface area contributed by atoms with Crippen molar-refractivity contribution in [1.29, 1.82) is 0 Å². The Morgan fingerprint density at radius 3 is 2.69 bits per heavy atom. The average molecular weight is 253 g/mol. The molecule has 0 spiro atoms. The molecular weight excluding hydrogens is 250 g/mol. The predicted octanol–water partition coefficient (Wildman–Crippen LogP) is 2.69. The van der Waals surface area contributed by atoms with Crippen LogP contribution < -0.4 is 0 Å². The molecular formula is C6H3BrF2N2O2. The smallest absolute Gasteiger partial charge is 0.258 e. The summed E-state index contributed by atoms with van der Waals surface area (Å²) in [6.45, 7) is 0. The summed E-state index contributed by atoms with van der Waals surface area (Å²) in [7, 11) is 0. The molecule has 0 aliphatic heterocycles. The quantitative estimate of drug-likeness (QED) is 0.462. The second-order valence-electron chi connectivity index (χ2n) is 2.12. The third kappa shape index (κ3) is 2.18. The predicted molar refractivity (Wildman–Crippen MR) is 43.5 cm³/mol. The normalized spacial score (nSPS) is 10.5. The minimum atomic E-state index is -2.88. The van der Waals surface area contributed by atoms with Crippen LogP contribution in [0.5, 0.6) is 0 Å². The molecule has 0 aliphatic rings. The number of hydrogen-bond donors (Lipinski definition) is 0. The molecule has 1 rings (SSSR count). The number of aromatic nitrogens is 1. The van der Waals surface area contributed by atoms with E-state index in [0.717, 1.165) is 12.3 Å². The Balaban J connectivity index is 3.26. The Hall–Kier alpha value is -1.11. The van der Waals surface area contributed by atoms with Crippen LogP contribution in [0.3, 0.4) is 0 Å². The summed E-state index contributed by atoms with van der Waals surface area (Å²) in [5.74, 6) is 0. The highest BCUT2D eigenvalue weighted by atomic mass is 79.9. The Bertz CT molecular complexity index is 345. The standard InChI is InChI=1S/C6H3BrF2N2O2/c7-5-1-3(6(8)9)4(2-10-5)11(12)13/h1-2,6H. The van der Waals surface area contributed by atoms with Crippen LogP contribution >= 0.6 is 15.9 Å². The van der Waals surface area contributed by atoms with Gasteiger partial charge in [0.1, 0.15) is 10.8 Å². The van der Waals surface area contributed by atoms with E-state index < -0.39 is 22.6 Å². The third-order valence-electron chi connectivity index (χ3n) is 1.31. The number of nitro groups is 1. The highest BCUT2D eigenvalue weighted by Crippen LogP contribution is 2.29. The first-order valence-corrected chi connectivity index (χ1v) is 3.89. The first-order chi connectivity index (χ1) is 6.02. The zero-order chi connectivity index (χ0) is 10.0. The van der Waals surface area contributed by atoms with E-state index in [2.05, 4.69) is 20.9 Å². The van der Waals surface area contributed by atoms with E-state index in [9.17, 15) is 18.9 Å². The molecule has 0 saturated carbocycles. The second-order valence-corrected chi connectivity index (χ2v) is 2.94. The number of nitrogens with zero attached hydrogens (tertiary/aromatic N) is 2. The van der Waals surface area contributed by atoms with Gasteiger partial charge in [-0.25, -0.2) is 13.8 Å². The fraction of sp³-hybridized carbons (Fsp3) is 0.167. The summed E-state index contributed by atoms with van der Waals surface area (Å²) in [4.78, 5) is 12.9. The summed E-state index contributed by atoms with van der Waals surface area (Å²) in [6.07, 6.45) is -2.08. The maximum atomic E-state index is 12.2. The molecule has 0 aromatic carbocycles. The van der Waals surface area contributed by atoms with Gasteiger partial charge in [-0.2, -0.15) is 0 Å². The van der Waals surface area contributed by atoms with E-state index in [1.165, 1.54) is 0 Å². The summed E-state index contributed by atoms with van der Waals surface area (Å²) < 4.78 is 24.6.